The minimum Gasteiger partial charge on any atom is -0.481 e. The highest BCUT2D eigenvalue weighted by Crippen LogP contribution is 2.33. The van der Waals surface area contributed by atoms with Gasteiger partial charge in [-0.25, -0.2) is 0 Å². The number of aliphatic carboxylic acids is 1. The average molecular weight is 336 g/mol. The van der Waals surface area contributed by atoms with Crippen LogP contribution in [0.4, 0.5) is 0 Å². The highest BCUT2D eigenvalue weighted by atomic mass is 79.9. The van der Waals surface area contributed by atoms with Crippen molar-refractivity contribution in [3.63, 3.8) is 0 Å². The molecule has 5 heteroatoms. The fourth-order valence-corrected chi connectivity index (χ4v) is 2.72. The molecule has 3 nitrogen and oxygen atoms in total. The number of benzene rings is 1. The van der Waals surface area contributed by atoms with Gasteiger partial charge in [0.05, 0.1) is 12.0 Å². The summed E-state index contributed by atoms with van der Waals surface area (Å²) in [5.41, 5.74) is 0.558. The molecule has 2 N–H and O–H groups in total. The SMILES string of the molecule is CCCCC(C(=O)O)C(O)c1ccc(Cl)cc1Br. The van der Waals surface area contributed by atoms with Gasteiger partial charge in [-0.05, 0) is 24.1 Å². The maximum atomic E-state index is 11.2. The molecule has 0 spiro atoms. The lowest BCUT2D eigenvalue weighted by atomic mass is 9.91. The third kappa shape index (κ3) is 3.97. The van der Waals surface area contributed by atoms with Crippen LogP contribution < -0.4 is 0 Å². The number of rotatable bonds is 6. The molecule has 100 valence electrons. The Hall–Kier alpha value is -0.580. The molecular weight excluding hydrogens is 319 g/mol. The van der Waals surface area contributed by atoms with Crippen molar-refractivity contribution < 1.29 is 15.0 Å². The van der Waals surface area contributed by atoms with E-state index in [0.717, 1.165) is 12.8 Å². The zero-order valence-electron chi connectivity index (χ0n) is 10.1. The number of halogens is 2. The van der Waals surface area contributed by atoms with Crippen molar-refractivity contribution in [3.05, 3.63) is 33.3 Å². The van der Waals surface area contributed by atoms with E-state index in [1.807, 2.05) is 6.92 Å². The van der Waals surface area contributed by atoms with E-state index < -0.39 is 18.0 Å². The topological polar surface area (TPSA) is 57.5 Å². The molecule has 0 aliphatic rings. The second kappa shape index (κ2) is 7.12. The van der Waals surface area contributed by atoms with E-state index in [4.69, 9.17) is 11.6 Å². The van der Waals surface area contributed by atoms with E-state index >= 15 is 0 Å². The van der Waals surface area contributed by atoms with Gasteiger partial charge in [0.1, 0.15) is 0 Å². The molecule has 0 bridgehead atoms. The number of hydrogen-bond donors (Lipinski definition) is 2. The van der Waals surface area contributed by atoms with E-state index in [2.05, 4.69) is 15.9 Å². The zero-order valence-corrected chi connectivity index (χ0v) is 12.4. The van der Waals surface area contributed by atoms with E-state index in [1.165, 1.54) is 0 Å². The van der Waals surface area contributed by atoms with Gasteiger partial charge < -0.3 is 10.2 Å². The van der Waals surface area contributed by atoms with Crippen LogP contribution in [0, 0.1) is 5.92 Å². The Morgan fingerprint density at radius 3 is 2.67 bits per heavy atom. The van der Waals surface area contributed by atoms with E-state index in [-0.39, 0.29) is 0 Å². The van der Waals surface area contributed by atoms with Crippen molar-refractivity contribution in [2.24, 2.45) is 5.92 Å². The third-order valence-electron chi connectivity index (χ3n) is 2.85. The van der Waals surface area contributed by atoms with Crippen LogP contribution in [0.3, 0.4) is 0 Å². The summed E-state index contributed by atoms with van der Waals surface area (Å²) in [7, 11) is 0. The molecule has 1 rings (SSSR count). The van der Waals surface area contributed by atoms with E-state index in [0.29, 0.717) is 21.5 Å². The first-order valence-corrected chi connectivity index (χ1v) is 7.00. The number of carboxylic acid groups (broad SMARTS) is 1. The number of unbranched alkanes of at least 4 members (excludes halogenated alkanes) is 1. The molecule has 2 atom stereocenters. The van der Waals surface area contributed by atoms with Gasteiger partial charge in [0.25, 0.3) is 0 Å². The van der Waals surface area contributed by atoms with Crippen LogP contribution in [-0.2, 0) is 4.79 Å². The second-order valence-electron chi connectivity index (χ2n) is 4.20. The molecule has 2 unspecified atom stereocenters. The fraction of sp³-hybridized carbons (Fsp3) is 0.462. The molecule has 1 aromatic carbocycles. The summed E-state index contributed by atoms with van der Waals surface area (Å²) in [5, 5.41) is 19.9. The fourth-order valence-electron chi connectivity index (χ4n) is 1.80. The largest absolute Gasteiger partial charge is 0.481 e. The normalized spacial score (nSPS) is 14.2. The first kappa shape index (κ1) is 15.5. The van der Waals surface area contributed by atoms with Gasteiger partial charge in [-0.1, -0.05) is 53.4 Å². The monoisotopic (exact) mass is 334 g/mol. The standard InChI is InChI=1S/C13H16BrClO3/c1-2-3-4-10(13(17)18)12(16)9-6-5-8(15)7-11(9)14/h5-7,10,12,16H,2-4H2,1H3,(H,17,18). The summed E-state index contributed by atoms with van der Waals surface area (Å²) in [6, 6.07) is 4.95. The number of aliphatic hydroxyl groups is 1. The van der Waals surface area contributed by atoms with Crippen LogP contribution in [0.25, 0.3) is 0 Å². The minimum atomic E-state index is -1.03. The minimum absolute atomic E-state index is 0.460. The predicted molar refractivity (Wildman–Crippen MR) is 74.8 cm³/mol. The van der Waals surface area contributed by atoms with Gasteiger partial charge in [-0.3, -0.25) is 4.79 Å². The Bertz CT molecular complexity index is 423. The van der Waals surface area contributed by atoms with Gasteiger partial charge in [-0.15, -0.1) is 0 Å². The Balaban J connectivity index is 2.94. The van der Waals surface area contributed by atoms with Gasteiger partial charge in [0.2, 0.25) is 0 Å². The van der Waals surface area contributed by atoms with Crippen molar-refractivity contribution in [2.45, 2.75) is 32.3 Å². The quantitative estimate of drug-likeness (QED) is 0.825. The Morgan fingerprint density at radius 1 is 1.50 bits per heavy atom. The number of carbonyl (C=O) groups is 1. The van der Waals surface area contributed by atoms with Gasteiger partial charge in [0.15, 0.2) is 0 Å². The molecule has 0 saturated carbocycles. The maximum Gasteiger partial charge on any atom is 0.309 e. The van der Waals surface area contributed by atoms with Gasteiger partial charge >= 0.3 is 5.97 Å². The molecule has 0 heterocycles. The van der Waals surface area contributed by atoms with Crippen LogP contribution in [0.5, 0.6) is 0 Å². The molecule has 0 radical (unpaired) electrons. The Labute approximate surface area is 120 Å². The summed E-state index contributed by atoms with van der Waals surface area (Å²) in [4.78, 5) is 11.2. The summed E-state index contributed by atoms with van der Waals surface area (Å²) in [6.45, 7) is 1.99. The van der Waals surface area contributed by atoms with Crippen LogP contribution >= 0.6 is 27.5 Å². The second-order valence-corrected chi connectivity index (χ2v) is 5.49. The lowest BCUT2D eigenvalue weighted by Crippen LogP contribution is -2.22. The summed E-state index contributed by atoms with van der Waals surface area (Å²) in [5.74, 6) is -1.76. The summed E-state index contributed by atoms with van der Waals surface area (Å²) >= 11 is 9.12. The number of carboxylic acids is 1. The molecule has 0 fully saturated rings. The maximum absolute atomic E-state index is 11.2. The first-order valence-electron chi connectivity index (χ1n) is 5.83. The van der Waals surface area contributed by atoms with E-state index in [9.17, 15) is 15.0 Å². The van der Waals surface area contributed by atoms with Crippen molar-refractivity contribution in [1.29, 1.82) is 0 Å². The van der Waals surface area contributed by atoms with Crippen LogP contribution in [0.2, 0.25) is 5.02 Å². The van der Waals surface area contributed by atoms with Gasteiger partial charge in [-0.2, -0.15) is 0 Å². The Morgan fingerprint density at radius 2 is 2.17 bits per heavy atom. The molecule has 18 heavy (non-hydrogen) atoms. The van der Waals surface area contributed by atoms with Crippen molar-refractivity contribution in [1.82, 2.24) is 0 Å². The predicted octanol–water partition coefficient (Wildman–Crippen LogP) is 4.03. The molecule has 0 aliphatic carbocycles. The Kier molecular flexibility index (Phi) is 6.12. The molecule has 0 amide bonds. The first-order chi connectivity index (χ1) is 8.47. The smallest absolute Gasteiger partial charge is 0.309 e. The molecule has 0 saturated heterocycles. The molecular formula is C13H16BrClO3. The van der Waals surface area contributed by atoms with Crippen LogP contribution in [-0.4, -0.2) is 16.2 Å². The lowest BCUT2D eigenvalue weighted by Gasteiger charge is -2.20. The van der Waals surface area contributed by atoms with Crippen LogP contribution in [0.15, 0.2) is 22.7 Å². The average Bonchev–Trinajstić information content (AvgIpc) is 2.28. The molecule has 1 aromatic rings. The summed E-state index contributed by atoms with van der Waals surface area (Å²) in [6.07, 6.45) is 1.11. The van der Waals surface area contributed by atoms with Gasteiger partial charge in [0, 0.05) is 9.50 Å². The molecule has 0 aliphatic heterocycles. The molecule has 0 aromatic heterocycles. The third-order valence-corrected chi connectivity index (χ3v) is 3.77. The van der Waals surface area contributed by atoms with Crippen molar-refractivity contribution >= 4 is 33.5 Å². The number of hydrogen-bond acceptors (Lipinski definition) is 2. The van der Waals surface area contributed by atoms with Crippen LogP contribution in [0.1, 0.15) is 37.9 Å². The lowest BCUT2D eigenvalue weighted by molar-refractivity contribution is -0.146. The summed E-state index contributed by atoms with van der Waals surface area (Å²) < 4.78 is 0.630. The zero-order chi connectivity index (χ0) is 13.7. The van der Waals surface area contributed by atoms with E-state index in [1.54, 1.807) is 18.2 Å². The van der Waals surface area contributed by atoms with Crippen molar-refractivity contribution in [2.75, 3.05) is 0 Å². The number of aliphatic hydroxyl groups excluding tert-OH is 1. The highest BCUT2D eigenvalue weighted by Gasteiger charge is 2.28. The van der Waals surface area contributed by atoms with Crippen molar-refractivity contribution in [3.8, 4) is 0 Å². The highest BCUT2D eigenvalue weighted by molar-refractivity contribution is 9.10.